The summed E-state index contributed by atoms with van der Waals surface area (Å²) in [5.74, 6) is -3.72. The molecule has 0 saturated heterocycles. The quantitative estimate of drug-likeness (QED) is 0.178. The monoisotopic (exact) mass is 579 g/mol. The minimum atomic E-state index is -5.03. The third-order valence-electron chi connectivity index (χ3n) is 6.06. The first-order chi connectivity index (χ1) is 15.7. The third kappa shape index (κ3) is 7.30. The van der Waals surface area contributed by atoms with Gasteiger partial charge in [0.15, 0.2) is 0 Å². The van der Waals surface area contributed by atoms with E-state index in [1.54, 1.807) is 30.3 Å². The SMILES string of the molecule is CCC[CH2][Sn]([CH2]CCC)([CH2]CCC)[c]1nc(C(F)(F)F)c(F)c(OCc2ccccc2)c1F. The number of alkyl halides is 3. The van der Waals surface area contributed by atoms with Crippen LogP contribution in [0.2, 0.25) is 13.3 Å². The van der Waals surface area contributed by atoms with E-state index in [0.717, 1.165) is 38.5 Å². The van der Waals surface area contributed by atoms with E-state index in [4.69, 9.17) is 4.74 Å². The van der Waals surface area contributed by atoms with Gasteiger partial charge in [0.1, 0.15) is 0 Å². The van der Waals surface area contributed by atoms with Crippen LogP contribution in [0.25, 0.3) is 0 Å². The fourth-order valence-corrected chi connectivity index (χ4v) is 19.8. The number of hydrogen-bond donors (Lipinski definition) is 0. The van der Waals surface area contributed by atoms with Crippen LogP contribution in [0, 0.1) is 11.6 Å². The Morgan fingerprint density at radius 3 is 1.79 bits per heavy atom. The minimum absolute atomic E-state index is 0.101. The van der Waals surface area contributed by atoms with Crippen molar-refractivity contribution in [2.24, 2.45) is 0 Å². The Labute approximate surface area is 197 Å². The van der Waals surface area contributed by atoms with Gasteiger partial charge in [-0.2, -0.15) is 0 Å². The second-order valence-electron chi connectivity index (χ2n) is 8.63. The molecule has 0 radical (unpaired) electrons. The van der Waals surface area contributed by atoms with E-state index in [-0.39, 0.29) is 10.3 Å². The molecule has 0 saturated carbocycles. The number of rotatable bonds is 13. The van der Waals surface area contributed by atoms with E-state index in [9.17, 15) is 17.6 Å². The predicted molar refractivity (Wildman–Crippen MR) is 124 cm³/mol. The van der Waals surface area contributed by atoms with E-state index >= 15 is 4.39 Å². The maximum absolute atomic E-state index is 15.8. The number of halogens is 5. The molecule has 0 aliphatic carbocycles. The molecule has 0 N–H and O–H groups in total. The summed E-state index contributed by atoms with van der Waals surface area (Å²) in [6.45, 7) is 5.82. The first kappa shape index (κ1) is 27.9. The zero-order chi connectivity index (χ0) is 24.5. The first-order valence-corrected chi connectivity index (χ1v) is 19.3. The van der Waals surface area contributed by atoms with Gasteiger partial charge in [0.25, 0.3) is 0 Å². The van der Waals surface area contributed by atoms with Crippen LogP contribution >= 0.6 is 0 Å². The van der Waals surface area contributed by atoms with Gasteiger partial charge < -0.3 is 0 Å². The number of nitrogens with zero attached hydrogens (tertiary/aromatic N) is 1. The zero-order valence-corrected chi connectivity index (χ0v) is 22.6. The van der Waals surface area contributed by atoms with Crippen molar-refractivity contribution in [2.75, 3.05) is 0 Å². The molecule has 8 heteroatoms. The number of ether oxygens (including phenoxy) is 1. The third-order valence-corrected chi connectivity index (χ3v) is 21.1. The van der Waals surface area contributed by atoms with Gasteiger partial charge in [-0.3, -0.25) is 0 Å². The molecule has 0 fully saturated rings. The van der Waals surface area contributed by atoms with Crippen LogP contribution in [-0.4, -0.2) is 23.4 Å². The predicted octanol–water partition coefficient (Wildman–Crippen LogP) is 8.01. The topological polar surface area (TPSA) is 22.1 Å². The number of aromatic nitrogens is 1. The van der Waals surface area contributed by atoms with Crippen molar-refractivity contribution in [1.82, 2.24) is 4.98 Å². The molecule has 0 unspecified atom stereocenters. The van der Waals surface area contributed by atoms with Crippen molar-refractivity contribution >= 4 is 22.1 Å². The molecule has 0 aliphatic rings. The fraction of sp³-hybridized carbons (Fsp3) is 0.560. The Kier molecular flexibility index (Phi) is 10.9. The van der Waals surface area contributed by atoms with Gasteiger partial charge in [-0.1, -0.05) is 0 Å². The first-order valence-electron chi connectivity index (χ1n) is 11.8. The molecule has 1 aromatic heterocycles. The number of hydrogen-bond acceptors (Lipinski definition) is 2. The summed E-state index contributed by atoms with van der Waals surface area (Å²) in [6.07, 6.45) is -0.0123. The fourth-order valence-electron chi connectivity index (χ4n) is 4.19. The molecule has 184 valence electrons. The van der Waals surface area contributed by atoms with Crippen molar-refractivity contribution in [1.29, 1.82) is 0 Å². The summed E-state index contributed by atoms with van der Waals surface area (Å²) < 4.78 is 79.5. The van der Waals surface area contributed by atoms with Gasteiger partial charge >= 0.3 is 198 Å². The van der Waals surface area contributed by atoms with Gasteiger partial charge in [0.05, 0.1) is 0 Å². The Balaban J connectivity index is 2.67. The van der Waals surface area contributed by atoms with Crippen LogP contribution in [0.15, 0.2) is 30.3 Å². The van der Waals surface area contributed by atoms with E-state index in [1.807, 2.05) is 20.8 Å². The van der Waals surface area contributed by atoms with Crippen molar-refractivity contribution in [3.63, 3.8) is 0 Å². The van der Waals surface area contributed by atoms with Gasteiger partial charge in [-0.25, -0.2) is 0 Å². The van der Waals surface area contributed by atoms with E-state index in [2.05, 4.69) is 4.98 Å². The molecular formula is C25H34F5NOSn. The number of pyridine rings is 1. The molecule has 0 aliphatic heterocycles. The molecule has 0 spiro atoms. The molecule has 0 bridgehead atoms. The van der Waals surface area contributed by atoms with Crippen molar-refractivity contribution in [2.45, 2.75) is 85.4 Å². The van der Waals surface area contributed by atoms with Crippen LogP contribution in [0.5, 0.6) is 5.75 Å². The zero-order valence-electron chi connectivity index (χ0n) is 19.7. The van der Waals surface area contributed by atoms with Gasteiger partial charge in [0.2, 0.25) is 0 Å². The summed E-state index contributed by atoms with van der Waals surface area (Å²) >= 11 is -3.75. The number of benzene rings is 1. The second kappa shape index (κ2) is 12.9. The van der Waals surface area contributed by atoms with Gasteiger partial charge in [0, 0.05) is 0 Å². The Bertz CT molecular complexity index is 852. The summed E-state index contributed by atoms with van der Waals surface area (Å²) in [5.41, 5.74) is -1.05. The molecule has 2 rings (SSSR count). The molecule has 0 atom stereocenters. The molecule has 1 heterocycles. The molecule has 1 aromatic carbocycles. The Hall–Kier alpha value is -1.38. The van der Waals surface area contributed by atoms with Crippen LogP contribution in [0.3, 0.4) is 0 Å². The Morgan fingerprint density at radius 1 is 0.818 bits per heavy atom. The summed E-state index contributed by atoms with van der Waals surface area (Å²) in [4.78, 5) is 3.73. The average molecular weight is 578 g/mol. The standard InChI is InChI=1S/C13H7F5NO.3C4H9.Sn/c14-9-6-19-12(13(16,17)18)10(15)11(9)20-7-8-4-2-1-3-5-8;3*1-3-4-2;/h1-5H,7H2;3*1,3-4H2,2H3;. The molecular weight excluding hydrogens is 544 g/mol. The summed E-state index contributed by atoms with van der Waals surface area (Å²) in [7, 11) is 0. The molecule has 2 nitrogen and oxygen atoms in total. The van der Waals surface area contributed by atoms with E-state index in [0.29, 0.717) is 18.9 Å². The summed E-state index contributed by atoms with van der Waals surface area (Å²) in [6, 6.07) is 8.61. The van der Waals surface area contributed by atoms with Crippen LogP contribution < -0.4 is 8.45 Å². The normalized spacial score (nSPS) is 12.2. The van der Waals surface area contributed by atoms with Crippen LogP contribution in [0.1, 0.15) is 70.6 Å². The van der Waals surface area contributed by atoms with Gasteiger partial charge in [-0.05, 0) is 0 Å². The molecule has 2 aromatic rings. The maximum atomic E-state index is 15.8. The van der Waals surface area contributed by atoms with Gasteiger partial charge in [-0.15, -0.1) is 0 Å². The molecule has 33 heavy (non-hydrogen) atoms. The average Bonchev–Trinajstić information content (AvgIpc) is 2.79. The van der Waals surface area contributed by atoms with Crippen LogP contribution in [0.4, 0.5) is 22.0 Å². The van der Waals surface area contributed by atoms with E-state index in [1.165, 1.54) is 0 Å². The van der Waals surface area contributed by atoms with Crippen LogP contribution in [-0.2, 0) is 12.8 Å². The van der Waals surface area contributed by atoms with Crippen molar-refractivity contribution in [3.05, 3.63) is 53.2 Å². The molecule has 0 amide bonds. The van der Waals surface area contributed by atoms with Crippen molar-refractivity contribution < 1.29 is 26.7 Å². The second-order valence-corrected chi connectivity index (χ2v) is 21.6. The summed E-state index contributed by atoms with van der Waals surface area (Å²) in [5, 5.41) is 0. The van der Waals surface area contributed by atoms with E-state index < -0.39 is 47.6 Å². The Morgan fingerprint density at radius 2 is 1.33 bits per heavy atom. The van der Waals surface area contributed by atoms with Crippen molar-refractivity contribution in [3.8, 4) is 5.75 Å². The number of unbranched alkanes of at least 4 members (excludes halogenated alkanes) is 3.